The number of carbonyl (C=O) groups is 3. The van der Waals surface area contributed by atoms with Crippen LogP contribution in [0.5, 0.6) is 0 Å². The number of aromatic nitrogens is 2. The molecule has 258 valence electrons. The van der Waals surface area contributed by atoms with Gasteiger partial charge in [0.2, 0.25) is 11.8 Å². The summed E-state index contributed by atoms with van der Waals surface area (Å²) in [5.41, 5.74) is 4.30. The topological polar surface area (TPSA) is 141 Å². The quantitative estimate of drug-likeness (QED) is 0.346. The number of aliphatic hydroxyl groups is 1. The Labute approximate surface area is 285 Å². The zero-order chi connectivity index (χ0) is 34.5. The van der Waals surface area contributed by atoms with Crippen LogP contribution in [-0.2, 0) is 14.3 Å². The molecule has 3 aromatic rings. The lowest BCUT2D eigenvalue weighted by Gasteiger charge is -2.59. The van der Waals surface area contributed by atoms with Gasteiger partial charge in [0.25, 0.3) is 0 Å². The Hall–Kier alpha value is -3.97. The Morgan fingerprint density at radius 2 is 1.79 bits per heavy atom. The standard InChI is InChI=1S/C35H46N6O6S/c1-20(2)29(27-13-28(38-47-27)39-15-35(16-39)17-40(18-35)33(45)46-34(5,6)7)32(44)41-14-25(42)12-26(41)31(43)37-21(3)23-8-10-24(11-9-23)30-22(4)36-19-48-30/h8-11,13,19-21,25-26,29,42H,12,14-18H2,1-7H3,(H,37,43)/t21-,25+,26-,29-/m0/s1. The second-order valence-electron chi connectivity index (χ2n) is 15.0. The highest BCUT2D eigenvalue weighted by atomic mass is 32.1. The van der Waals surface area contributed by atoms with Crippen molar-refractivity contribution < 1.29 is 28.8 Å². The van der Waals surface area contributed by atoms with Gasteiger partial charge in [-0.15, -0.1) is 11.3 Å². The molecule has 3 aliphatic rings. The van der Waals surface area contributed by atoms with E-state index in [0.29, 0.717) is 24.7 Å². The van der Waals surface area contributed by atoms with Gasteiger partial charge in [0.15, 0.2) is 11.6 Å². The number of hydrogen-bond acceptors (Lipinski definition) is 10. The van der Waals surface area contributed by atoms with Gasteiger partial charge in [-0.25, -0.2) is 9.78 Å². The molecule has 48 heavy (non-hydrogen) atoms. The molecule has 5 heterocycles. The zero-order valence-electron chi connectivity index (χ0n) is 28.7. The van der Waals surface area contributed by atoms with Gasteiger partial charge in [0.05, 0.1) is 28.2 Å². The van der Waals surface area contributed by atoms with Crippen LogP contribution < -0.4 is 10.2 Å². The molecule has 4 atom stereocenters. The van der Waals surface area contributed by atoms with E-state index in [9.17, 15) is 19.5 Å². The third kappa shape index (κ3) is 6.80. The Bertz CT molecular complexity index is 1650. The average Bonchev–Trinajstić information content (AvgIpc) is 3.71. The van der Waals surface area contributed by atoms with Gasteiger partial charge >= 0.3 is 6.09 Å². The van der Waals surface area contributed by atoms with Crippen LogP contribution in [0, 0.1) is 18.3 Å². The number of thiazole rings is 1. The molecule has 3 saturated heterocycles. The summed E-state index contributed by atoms with van der Waals surface area (Å²) >= 11 is 1.59. The van der Waals surface area contributed by atoms with E-state index in [2.05, 4.69) is 20.4 Å². The van der Waals surface area contributed by atoms with Gasteiger partial charge < -0.3 is 34.4 Å². The van der Waals surface area contributed by atoms with E-state index < -0.39 is 23.7 Å². The van der Waals surface area contributed by atoms with Crippen molar-refractivity contribution in [1.82, 2.24) is 25.3 Å². The van der Waals surface area contributed by atoms with Crippen LogP contribution in [0.2, 0.25) is 0 Å². The fourth-order valence-corrected chi connectivity index (χ4v) is 7.85. The molecule has 0 saturated carbocycles. The van der Waals surface area contributed by atoms with Crippen molar-refractivity contribution in [1.29, 1.82) is 0 Å². The smallest absolute Gasteiger partial charge is 0.410 e. The third-order valence-corrected chi connectivity index (χ3v) is 10.5. The molecule has 6 rings (SSSR count). The molecule has 3 aliphatic heterocycles. The Morgan fingerprint density at radius 3 is 2.40 bits per heavy atom. The maximum Gasteiger partial charge on any atom is 0.410 e. The third-order valence-electron chi connectivity index (χ3n) is 9.48. The van der Waals surface area contributed by atoms with Crippen molar-refractivity contribution in [2.75, 3.05) is 37.6 Å². The number of carbonyl (C=O) groups excluding carboxylic acids is 3. The van der Waals surface area contributed by atoms with Crippen LogP contribution in [0.15, 0.2) is 40.4 Å². The number of nitrogens with one attached hydrogen (secondary N) is 1. The summed E-state index contributed by atoms with van der Waals surface area (Å²) in [5, 5.41) is 18.0. The highest BCUT2D eigenvalue weighted by Crippen LogP contribution is 2.43. The molecule has 2 N–H and O–H groups in total. The van der Waals surface area contributed by atoms with Gasteiger partial charge in [-0.1, -0.05) is 43.3 Å². The number of likely N-dealkylation sites (tertiary alicyclic amines) is 2. The minimum absolute atomic E-state index is 0.00926. The molecule has 0 radical (unpaired) electrons. The molecule has 0 bridgehead atoms. The molecule has 2 aromatic heterocycles. The van der Waals surface area contributed by atoms with Crippen LogP contribution in [0.1, 0.15) is 76.9 Å². The van der Waals surface area contributed by atoms with Gasteiger partial charge in [0.1, 0.15) is 17.6 Å². The second-order valence-corrected chi connectivity index (χ2v) is 15.9. The SMILES string of the molecule is Cc1ncsc1-c1ccc([C@H](C)NC(=O)[C@@H]2C[C@@H](O)CN2C(=O)[C@H](c2cc(N3CC4(CN(C(=O)OC(C)(C)C)C4)C3)no2)C(C)C)cc1. The Balaban J connectivity index is 1.07. The molecule has 13 heteroatoms. The first-order valence-corrected chi connectivity index (χ1v) is 17.5. The number of aryl methyl sites for hydroxylation is 1. The van der Waals surface area contributed by atoms with E-state index in [4.69, 9.17) is 9.26 Å². The lowest BCUT2D eigenvalue weighted by atomic mass is 9.73. The van der Waals surface area contributed by atoms with Crippen molar-refractivity contribution in [3.63, 3.8) is 0 Å². The van der Waals surface area contributed by atoms with E-state index in [-0.39, 0.29) is 48.2 Å². The summed E-state index contributed by atoms with van der Waals surface area (Å²) < 4.78 is 11.2. The first kappa shape index (κ1) is 33.9. The fraction of sp³-hybridized carbons (Fsp3) is 0.571. The van der Waals surface area contributed by atoms with E-state index >= 15 is 0 Å². The maximum absolute atomic E-state index is 14.1. The van der Waals surface area contributed by atoms with E-state index in [1.807, 2.05) is 78.2 Å². The largest absolute Gasteiger partial charge is 0.444 e. The minimum atomic E-state index is -0.806. The lowest BCUT2D eigenvalue weighted by Crippen LogP contribution is -2.73. The first-order valence-electron chi connectivity index (χ1n) is 16.6. The van der Waals surface area contributed by atoms with Gasteiger partial charge in [0, 0.05) is 50.6 Å². The highest BCUT2D eigenvalue weighted by molar-refractivity contribution is 7.13. The first-order chi connectivity index (χ1) is 22.6. The summed E-state index contributed by atoms with van der Waals surface area (Å²) in [6.07, 6.45) is -0.935. The molecule has 1 spiro atoms. The molecule has 0 aliphatic carbocycles. The van der Waals surface area contributed by atoms with Crippen molar-refractivity contribution in [3.05, 3.63) is 52.9 Å². The van der Waals surface area contributed by atoms with Crippen molar-refractivity contribution >= 4 is 35.1 Å². The number of nitrogens with zero attached hydrogens (tertiary/aromatic N) is 5. The number of amides is 3. The van der Waals surface area contributed by atoms with Crippen LogP contribution in [0.3, 0.4) is 0 Å². The monoisotopic (exact) mass is 678 g/mol. The summed E-state index contributed by atoms with van der Waals surface area (Å²) in [6, 6.07) is 8.73. The summed E-state index contributed by atoms with van der Waals surface area (Å²) in [7, 11) is 0. The number of ether oxygens (including phenoxy) is 1. The molecule has 0 unspecified atom stereocenters. The van der Waals surface area contributed by atoms with Crippen LogP contribution in [0.4, 0.5) is 10.6 Å². The minimum Gasteiger partial charge on any atom is -0.444 e. The lowest BCUT2D eigenvalue weighted by molar-refractivity contribution is -0.141. The number of aliphatic hydroxyl groups excluding tert-OH is 1. The van der Waals surface area contributed by atoms with Crippen LogP contribution >= 0.6 is 11.3 Å². The molecule has 3 fully saturated rings. The van der Waals surface area contributed by atoms with Crippen LogP contribution in [-0.4, -0.2) is 93.4 Å². The van der Waals surface area contributed by atoms with E-state index in [1.54, 1.807) is 22.3 Å². The van der Waals surface area contributed by atoms with Crippen molar-refractivity contribution in [3.8, 4) is 10.4 Å². The predicted octanol–water partition coefficient (Wildman–Crippen LogP) is 4.74. The number of anilines is 1. The summed E-state index contributed by atoms with van der Waals surface area (Å²) in [5.74, 6) is -0.313. The number of benzene rings is 1. The maximum atomic E-state index is 14.1. The van der Waals surface area contributed by atoms with Gasteiger partial charge in [-0.2, -0.15) is 0 Å². The molecule has 3 amide bonds. The molecule has 12 nitrogen and oxygen atoms in total. The fourth-order valence-electron chi connectivity index (χ4n) is 7.03. The average molecular weight is 679 g/mol. The normalized spacial score (nSPS) is 21.6. The predicted molar refractivity (Wildman–Crippen MR) is 182 cm³/mol. The molecular weight excluding hydrogens is 632 g/mol. The molecular formula is C35H46N6O6S. The Morgan fingerprint density at radius 1 is 1.10 bits per heavy atom. The van der Waals surface area contributed by atoms with Gasteiger partial charge in [-0.05, 0) is 51.7 Å². The molecule has 1 aromatic carbocycles. The second kappa shape index (κ2) is 12.8. The summed E-state index contributed by atoms with van der Waals surface area (Å²) in [6.45, 7) is 16.1. The number of hydrogen-bond donors (Lipinski definition) is 2. The van der Waals surface area contributed by atoms with E-state index in [1.165, 1.54) is 4.90 Å². The zero-order valence-corrected chi connectivity index (χ0v) is 29.5. The highest BCUT2D eigenvalue weighted by Gasteiger charge is 2.55. The van der Waals surface area contributed by atoms with Gasteiger partial charge in [-0.3, -0.25) is 9.59 Å². The summed E-state index contributed by atoms with van der Waals surface area (Å²) in [4.78, 5) is 50.8. The van der Waals surface area contributed by atoms with Crippen LogP contribution in [0.25, 0.3) is 10.4 Å². The van der Waals surface area contributed by atoms with Crippen molar-refractivity contribution in [2.24, 2.45) is 11.3 Å². The van der Waals surface area contributed by atoms with Crippen molar-refractivity contribution in [2.45, 2.75) is 84.6 Å². The number of rotatable bonds is 8. The number of β-amino-alcohol motifs (C(OH)–C–C–N with tert-alkyl or cyclic N) is 1. The Kier molecular flexibility index (Phi) is 9.05. The van der Waals surface area contributed by atoms with E-state index in [0.717, 1.165) is 34.8 Å².